The fraction of sp³-hybridized carbons (Fsp3) is 0.615. The number of pyridine rings is 1. The molecule has 0 aliphatic rings. The highest BCUT2D eigenvalue weighted by atomic mass is 28.4. The molecule has 1 aromatic heterocycles. The first kappa shape index (κ1) is 15.8. The number of aromatic nitrogens is 1. The third-order valence-corrected chi connectivity index (χ3v) is 3.63. The van der Waals surface area contributed by atoms with Crippen molar-refractivity contribution < 1.29 is 4.43 Å². The molecule has 0 spiro atoms. The molecule has 5 nitrogen and oxygen atoms in total. The van der Waals surface area contributed by atoms with E-state index in [2.05, 4.69) is 29.9 Å². The summed E-state index contributed by atoms with van der Waals surface area (Å²) in [6, 6.07) is 3.97. The molecule has 0 aromatic carbocycles. The molecule has 0 aliphatic carbocycles. The van der Waals surface area contributed by atoms with Gasteiger partial charge in [-0.1, -0.05) is 6.07 Å². The van der Waals surface area contributed by atoms with Gasteiger partial charge in [0.05, 0.1) is 11.4 Å². The molecule has 1 unspecified atom stereocenters. The largest absolute Gasteiger partial charge is 0.411 e. The van der Waals surface area contributed by atoms with Gasteiger partial charge >= 0.3 is 0 Å². The van der Waals surface area contributed by atoms with Crippen molar-refractivity contribution in [1.29, 1.82) is 0 Å². The second kappa shape index (κ2) is 7.35. The Kier molecular flexibility index (Phi) is 6.10. The first-order valence-corrected chi connectivity index (χ1v) is 9.95. The Morgan fingerprint density at radius 1 is 1.47 bits per heavy atom. The molecule has 0 amide bonds. The van der Waals surface area contributed by atoms with E-state index in [1.807, 2.05) is 18.3 Å². The Morgan fingerprint density at radius 2 is 2.21 bits per heavy atom. The average Bonchev–Trinajstić information content (AvgIpc) is 2.37. The van der Waals surface area contributed by atoms with Crippen molar-refractivity contribution in [3.63, 3.8) is 0 Å². The Labute approximate surface area is 116 Å². The molecule has 1 atom stereocenters. The van der Waals surface area contributed by atoms with Crippen LogP contribution in [0.3, 0.4) is 0 Å². The predicted molar refractivity (Wildman–Crippen MR) is 79.1 cm³/mol. The molecule has 0 saturated carbocycles. The van der Waals surface area contributed by atoms with Gasteiger partial charge in [0.25, 0.3) is 0 Å². The van der Waals surface area contributed by atoms with Crippen LogP contribution < -0.4 is 0 Å². The van der Waals surface area contributed by atoms with Gasteiger partial charge in [-0.2, -0.15) is 0 Å². The predicted octanol–water partition coefficient (Wildman–Crippen LogP) is 3.37. The SMILES string of the molecule is CN(CCCC(O[Si](C)(C)C)c1cccnc1)N=O. The second-order valence-corrected chi connectivity index (χ2v) is 10.1. The minimum Gasteiger partial charge on any atom is -0.411 e. The lowest BCUT2D eigenvalue weighted by Crippen LogP contribution is -2.28. The van der Waals surface area contributed by atoms with E-state index in [0.29, 0.717) is 6.54 Å². The minimum absolute atomic E-state index is 0.0559. The van der Waals surface area contributed by atoms with E-state index in [1.165, 1.54) is 5.01 Å². The molecule has 0 radical (unpaired) electrons. The molecule has 0 fully saturated rings. The van der Waals surface area contributed by atoms with E-state index in [9.17, 15) is 4.91 Å². The van der Waals surface area contributed by atoms with Crippen LogP contribution in [-0.4, -0.2) is 31.9 Å². The zero-order chi connectivity index (χ0) is 14.3. The standard InChI is InChI=1S/C13H23N3O2Si/c1-16(15-17)10-6-8-13(18-19(2,3)4)12-7-5-9-14-11-12/h5,7,9,11,13H,6,8,10H2,1-4H3. The van der Waals surface area contributed by atoms with Crippen molar-refractivity contribution in [2.24, 2.45) is 5.29 Å². The molecular weight excluding hydrogens is 258 g/mol. The summed E-state index contributed by atoms with van der Waals surface area (Å²) in [7, 11) is 0.0708. The molecule has 0 aliphatic heterocycles. The van der Waals surface area contributed by atoms with Crippen LogP contribution >= 0.6 is 0 Å². The fourth-order valence-corrected chi connectivity index (χ4v) is 2.94. The van der Waals surface area contributed by atoms with Gasteiger partial charge in [-0.25, -0.2) is 0 Å². The van der Waals surface area contributed by atoms with E-state index >= 15 is 0 Å². The zero-order valence-corrected chi connectivity index (χ0v) is 13.2. The van der Waals surface area contributed by atoms with Crippen LogP contribution in [0.15, 0.2) is 29.8 Å². The van der Waals surface area contributed by atoms with E-state index in [-0.39, 0.29) is 6.10 Å². The number of nitrogens with zero attached hydrogens (tertiary/aromatic N) is 3. The summed E-state index contributed by atoms with van der Waals surface area (Å²) in [6.07, 6.45) is 5.41. The van der Waals surface area contributed by atoms with Gasteiger partial charge < -0.3 is 4.43 Å². The van der Waals surface area contributed by atoms with Crippen LogP contribution in [0.1, 0.15) is 24.5 Å². The number of rotatable bonds is 8. The average molecular weight is 281 g/mol. The van der Waals surface area contributed by atoms with Gasteiger partial charge in [0, 0.05) is 26.0 Å². The Bertz CT molecular complexity index is 381. The molecule has 6 heteroatoms. The van der Waals surface area contributed by atoms with Crippen molar-refractivity contribution in [3.05, 3.63) is 35.0 Å². The summed E-state index contributed by atoms with van der Waals surface area (Å²) >= 11 is 0. The van der Waals surface area contributed by atoms with E-state index in [1.54, 1.807) is 13.2 Å². The maximum atomic E-state index is 10.3. The lowest BCUT2D eigenvalue weighted by Gasteiger charge is -2.27. The molecular formula is C13H23N3O2Si. The zero-order valence-electron chi connectivity index (χ0n) is 12.2. The van der Waals surface area contributed by atoms with Crippen LogP contribution in [0, 0.1) is 4.91 Å². The van der Waals surface area contributed by atoms with Crippen LogP contribution in [-0.2, 0) is 4.43 Å². The maximum absolute atomic E-state index is 10.3. The highest BCUT2D eigenvalue weighted by Crippen LogP contribution is 2.26. The quantitative estimate of drug-likeness (QED) is 0.416. The van der Waals surface area contributed by atoms with Gasteiger partial charge in [-0.05, 0) is 44.1 Å². The fourth-order valence-electron chi connectivity index (χ4n) is 1.83. The maximum Gasteiger partial charge on any atom is 0.184 e. The molecule has 1 heterocycles. The van der Waals surface area contributed by atoms with Gasteiger partial charge in [-0.15, -0.1) is 4.91 Å². The monoisotopic (exact) mass is 281 g/mol. The summed E-state index contributed by atoms with van der Waals surface area (Å²) in [5.74, 6) is 0. The van der Waals surface area contributed by atoms with E-state index < -0.39 is 8.32 Å². The molecule has 19 heavy (non-hydrogen) atoms. The first-order chi connectivity index (χ1) is 8.92. The Balaban J connectivity index is 2.63. The lowest BCUT2D eigenvalue weighted by atomic mass is 10.1. The summed E-state index contributed by atoms with van der Waals surface area (Å²) in [6.45, 7) is 7.18. The van der Waals surface area contributed by atoms with Gasteiger partial charge in [-0.3, -0.25) is 9.99 Å². The number of hydrogen-bond donors (Lipinski definition) is 0. The lowest BCUT2D eigenvalue weighted by molar-refractivity contribution is 0.176. The van der Waals surface area contributed by atoms with Crippen molar-refractivity contribution >= 4 is 8.32 Å². The molecule has 0 bridgehead atoms. The Hall–Kier alpha value is -1.27. The summed E-state index contributed by atoms with van der Waals surface area (Å²) in [5, 5.41) is 4.28. The van der Waals surface area contributed by atoms with Crippen molar-refractivity contribution in [2.75, 3.05) is 13.6 Å². The van der Waals surface area contributed by atoms with Crippen molar-refractivity contribution in [2.45, 2.75) is 38.6 Å². The Morgan fingerprint density at radius 3 is 2.74 bits per heavy atom. The van der Waals surface area contributed by atoms with Crippen LogP contribution in [0.5, 0.6) is 0 Å². The number of nitroso groups, excluding NO2 is 1. The topological polar surface area (TPSA) is 54.8 Å². The molecule has 0 saturated heterocycles. The first-order valence-electron chi connectivity index (χ1n) is 6.54. The number of hydrogen-bond acceptors (Lipinski definition) is 4. The van der Waals surface area contributed by atoms with Crippen LogP contribution in [0.25, 0.3) is 0 Å². The smallest absolute Gasteiger partial charge is 0.184 e. The summed E-state index contributed by atoms with van der Waals surface area (Å²) in [4.78, 5) is 14.5. The highest BCUT2D eigenvalue weighted by Gasteiger charge is 2.22. The van der Waals surface area contributed by atoms with E-state index in [0.717, 1.165) is 18.4 Å². The normalized spacial score (nSPS) is 13.1. The minimum atomic E-state index is -1.62. The second-order valence-electron chi connectivity index (χ2n) is 5.61. The molecule has 0 N–H and O–H groups in total. The van der Waals surface area contributed by atoms with Crippen molar-refractivity contribution in [1.82, 2.24) is 9.99 Å². The van der Waals surface area contributed by atoms with Crippen molar-refractivity contribution in [3.8, 4) is 0 Å². The van der Waals surface area contributed by atoms with Crippen LogP contribution in [0.4, 0.5) is 0 Å². The van der Waals surface area contributed by atoms with E-state index in [4.69, 9.17) is 4.43 Å². The third kappa shape index (κ3) is 6.44. The van der Waals surface area contributed by atoms with Gasteiger partial charge in [0.15, 0.2) is 8.32 Å². The van der Waals surface area contributed by atoms with Gasteiger partial charge in [0.2, 0.25) is 0 Å². The third-order valence-electron chi connectivity index (χ3n) is 2.64. The molecule has 1 aromatic rings. The summed E-state index contributed by atoms with van der Waals surface area (Å²) in [5.41, 5.74) is 1.10. The van der Waals surface area contributed by atoms with Crippen LogP contribution in [0.2, 0.25) is 19.6 Å². The molecule has 1 rings (SSSR count). The van der Waals surface area contributed by atoms with Gasteiger partial charge in [0.1, 0.15) is 0 Å². The highest BCUT2D eigenvalue weighted by molar-refractivity contribution is 6.69. The summed E-state index contributed by atoms with van der Waals surface area (Å²) < 4.78 is 6.21. The molecule has 106 valence electrons.